The molecule has 5 nitrogen and oxygen atoms in total. The molecule has 0 saturated carbocycles. The van der Waals surface area contributed by atoms with Crippen LogP contribution in [0.4, 0.5) is 0 Å². The molecular weight excluding hydrogens is 298 g/mol. The summed E-state index contributed by atoms with van der Waals surface area (Å²) in [7, 11) is 0. The van der Waals surface area contributed by atoms with Gasteiger partial charge < -0.3 is 5.11 Å². The summed E-state index contributed by atoms with van der Waals surface area (Å²) >= 11 is 3.43. The fourth-order valence-corrected chi connectivity index (χ4v) is 2.20. The van der Waals surface area contributed by atoms with E-state index in [1.54, 1.807) is 4.68 Å². The summed E-state index contributed by atoms with van der Waals surface area (Å²) in [6.45, 7) is 1.99. The van der Waals surface area contributed by atoms with Crippen molar-refractivity contribution in [2.45, 2.75) is 19.8 Å². The highest BCUT2D eigenvalue weighted by atomic mass is 79.9. The molecule has 0 fully saturated rings. The Morgan fingerprint density at radius 1 is 1.44 bits per heavy atom. The van der Waals surface area contributed by atoms with E-state index in [9.17, 15) is 4.79 Å². The van der Waals surface area contributed by atoms with Gasteiger partial charge in [0.1, 0.15) is 0 Å². The van der Waals surface area contributed by atoms with Crippen LogP contribution >= 0.6 is 15.9 Å². The van der Waals surface area contributed by atoms with Gasteiger partial charge in [-0.05, 0) is 34.5 Å². The van der Waals surface area contributed by atoms with E-state index in [0.717, 1.165) is 16.6 Å². The predicted molar refractivity (Wildman–Crippen MR) is 70.0 cm³/mol. The molecule has 6 heteroatoms. The predicted octanol–water partition coefficient (Wildman–Crippen LogP) is 2.68. The number of rotatable bonds is 4. The first kappa shape index (κ1) is 12.8. The largest absolute Gasteiger partial charge is 0.476 e. The highest BCUT2D eigenvalue weighted by Gasteiger charge is 2.19. The Labute approximate surface area is 113 Å². The molecule has 0 amide bonds. The van der Waals surface area contributed by atoms with E-state index in [4.69, 9.17) is 5.11 Å². The number of halogens is 1. The van der Waals surface area contributed by atoms with Gasteiger partial charge in [-0.2, -0.15) is 0 Å². The summed E-state index contributed by atoms with van der Waals surface area (Å²) in [6, 6.07) is 7.51. The molecule has 94 valence electrons. The molecule has 1 aromatic carbocycles. The van der Waals surface area contributed by atoms with Gasteiger partial charge in [0.15, 0.2) is 5.69 Å². The molecule has 0 radical (unpaired) electrons. The third kappa shape index (κ3) is 2.28. The average molecular weight is 310 g/mol. The second-order valence-corrected chi connectivity index (χ2v) is 4.66. The molecule has 0 aliphatic rings. The Kier molecular flexibility index (Phi) is 3.76. The second kappa shape index (κ2) is 5.30. The number of carbonyl (C=O) groups is 1. The zero-order chi connectivity index (χ0) is 13.1. The maximum Gasteiger partial charge on any atom is 0.358 e. The van der Waals surface area contributed by atoms with Crippen LogP contribution < -0.4 is 0 Å². The molecule has 1 heterocycles. The molecular formula is C12H12BrN3O2. The van der Waals surface area contributed by atoms with E-state index in [1.807, 2.05) is 31.2 Å². The molecule has 1 N–H and O–H groups in total. The third-order valence-electron chi connectivity index (χ3n) is 2.53. The van der Waals surface area contributed by atoms with Gasteiger partial charge in [0, 0.05) is 4.47 Å². The van der Waals surface area contributed by atoms with Gasteiger partial charge in [0.25, 0.3) is 0 Å². The van der Waals surface area contributed by atoms with E-state index in [-0.39, 0.29) is 5.69 Å². The van der Waals surface area contributed by atoms with Crippen LogP contribution in [0, 0.1) is 0 Å². The highest BCUT2D eigenvalue weighted by molar-refractivity contribution is 9.10. The lowest BCUT2D eigenvalue weighted by molar-refractivity contribution is 0.0689. The van der Waals surface area contributed by atoms with E-state index < -0.39 is 5.97 Å². The number of aromatic nitrogens is 3. The molecule has 2 aromatic rings. The number of carboxylic acids is 1. The SMILES string of the molecule is CCCc1c(C(=O)O)nnn1-c1ccccc1Br. The van der Waals surface area contributed by atoms with E-state index in [1.165, 1.54) is 0 Å². The number of para-hydroxylation sites is 1. The van der Waals surface area contributed by atoms with Crippen LogP contribution in [-0.2, 0) is 6.42 Å². The van der Waals surface area contributed by atoms with Gasteiger partial charge in [-0.1, -0.05) is 30.7 Å². The molecule has 0 saturated heterocycles. The molecule has 0 bridgehead atoms. The first-order valence-corrected chi connectivity index (χ1v) is 6.37. The molecule has 18 heavy (non-hydrogen) atoms. The standard InChI is InChI=1S/C12H12BrN3O2/c1-2-5-10-11(12(17)18)14-15-16(10)9-7-4-3-6-8(9)13/h3-4,6-7H,2,5H2,1H3,(H,17,18). The van der Waals surface area contributed by atoms with Crippen molar-refractivity contribution in [3.8, 4) is 5.69 Å². The van der Waals surface area contributed by atoms with Crippen LogP contribution in [0.5, 0.6) is 0 Å². The van der Waals surface area contributed by atoms with Crippen molar-refractivity contribution in [3.05, 3.63) is 40.1 Å². The van der Waals surface area contributed by atoms with Crippen LogP contribution in [-0.4, -0.2) is 26.1 Å². The minimum atomic E-state index is -1.04. The summed E-state index contributed by atoms with van der Waals surface area (Å²) < 4.78 is 2.43. The summed E-state index contributed by atoms with van der Waals surface area (Å²) in [5, 5.41) is 16.8. The fraction of sp³-hybridized carbons (Fsp3) is 0.250. The van der Waals surface area contributed by atoms with Crippen molar-refractivity contribution in [1.29, 1.82) is 0 Å². The zero-order valence-electron chi connectivity index (χ0n) is 9.80. The summed E-state index contributed by atoms with van der Waals surface area (Å²) in [4.78, 5) is 11.1. The topological polar surface area (TPSA) is 68.0 Å². The Balaban J connectivity index is 2.58. The van der Waals surface area contributed by atoms with Crippen LogP contribution in [0.25, 0.3) is 5.69 Å². The Morgan fingerprint density at radius 3 is 2.78 bits per heavy atom. The van der Waals surface area contributed by atoms with E-state index in [0.29, 0.717) is 12.1 Å². The van der Waals surface area contributed by atoms with Crippen molar-refractivity contribution in [1.82, 2.24) is 15.0 Å². The van der Waals surface area contributed by atoms with Crippen molar-refractivity contribution in [2.75, 3.05) is 0 Å². The zero-order valence-corrected chi connectivity index (χ0v) is 11.4. The average Bonchev–Trinajstić information content (AvgIpc) is 2.74. The first-order valence-electron chi connectivity index (χ1n) is 5.58. The smallest absolute Gasteiger partial charge is 0.358 e. The quantitative estimate of drug-likeness (QED) is 0.943. The van der Waals surface area contributed by atoms with Crippen molar-refractivity contribution in [2.24, 2.45) is 0 Å². The minimum Gasteiger partial charge on any atom is -0.476 e. The van der Waals surface area contributed by atoms with Crippen LogP contribution in [0.15, 0.2) is 28.7 Å². The monoisotopic (exact) mass is 309 g/mol. The van der Waals surface area contributed by atoms with Crippen LogP contribution in [0.2, 0.25) is 0 Å². The summed E-state index contributed by atoms with van der Waals surface area (Å²) in [6.07, 6.45) is 1.45. The van der Waals surface area contributed by atoms with Gasteiger partial charge in [0.05, 0.1) is 11.4 Å². The number of benzene rings is 1. The minimum absolute atomic E-state index is 0.0209. The molecule has 0 unspecified atom stereocenters. The van der Waals surface area contributed by atoms with Crippen molar-refractivity contribution < 1.29 is 9.90 Å². The van der Waals surface area contributed by atoms with Crippen LogP contribution in [0.1, 0.15) is 29.5 Å². The molecule has 0 atom stereocenters. The lowest BCUT2D eigenvalue weighted by Gasteiger charge is -2.07. The number of hydrogen-bond acceptors (Lipinski definition) is 3. The van der Waals surface area contributed by atoms with Crippen molar-refractivity contribution >= 4 is 21.9 Å². The van der Waals surface area contributed by atoms with Gasteiger partial charge in [-0.15, -0.1) is 5.10 Å². The van der Waals surface area contributed by atoms with Gasteiger partial charge in [-0.3, -0.25) is 0 Å². The summed E-state index contributed by atoms with van der Waals surface area (Å²) in [5.74, 6) is -1.04. The van der Waals surface area contributed by atoms with E-state index >= 15 is 0 Å². The number of nitrogens with zero attached hydrogens (tertiary/aromatic N) is 3. The lowest BCUT2D eigenvalue weighted by Crippen LogP contribution is -2.07. The van der Waals surface area contributed by atoms with Gasteiger partial charge in [-0.25, -0.2) is 9.48 Å². The first-order chi connectivity index (χ1) is 8.65. The van der Waals surface area contributed by atoms with Crippen LogP contribution in [0.3, 0.4) is 0 Å². The molecule has 0 aliphatic carbocycles. The Morgan fingerprint density at radius 2 is 2.17 bits per heavy atom. The Bertz CT molecular complexity index is 580. The third-order valence-corrected chi connectivity index (χ3v) is 3.20. The van der Waals surface area contributed by atoms with Gasteiger partial charge in [0.2, 0.25) is 0 Å². The molecule has 0 aliphatic heterocycles. The molecule has 1 aromatic heterocycles. The molecule has 0 spiro atoms. The van der Waals surface area contributed by atoms with Gasteiger partial charge >= 0.3 is 5.97 Å². The van der Waals surface area contributed by atoms with E-state index in [2.05, 4.69) is 26.2 Å². The Hall–Kier alpha value is -1.69. The lowest BCUT2D eigenvalue weighted by atomic mass is 10.2. The summed E-state index contributed by atoms with van der Waals surface area (Å²) in [5.41, 5.74) is 1.44. The maximum absolute atomic E-state index is 11.1. The number of aromatic carboxylic acids is 1. The fourth-order valence-electron chi connectivity index (χ4n) is 1.75. The highest BCUT2D eigenvalue weighted by Crippen LogP contribution is 2.22. The maximum atomic E-state index is 11.1. The second-order valence-electron chi connectivity index (χ2n) is 3.80. The molecule has 2 rings (SSSR count). The number of hydrogen-bond donors (Lipinski definition) is 1. The van der Waals surface area contributed by atoms with Crippen molar-refractivity contribution in [3.63, 3.8) is 0 Å². The normalized spacial score (nSPS) is 10.6. The number of carboxylic acid groups (broad SMARTS) is 1.